The van der Waals surface area contributed by atoms with Crippen LogP contribution in [0.3, 0.4) is 0 Å². The largest absolute Gasteiger partial charge is 0.493 e. The quantitative estimate of drug-likeness (QED) is 0.788. The van der Waals surface area contributed by atoms with Crippen LogP contribution in [0, 0.1) is 5.82 Å². The van der Waals surface area contributed by atoms with Crippen LogP contribution in [0.15, 0.2) is 42.6 Å². The van der Waals surface area contributed by atoms with Crippen molar-refractivity contribution in [3.63, 3.8) is 0 Å². The molecule has 0 amide bonds. The number of halogens is 1. The number of imidazole rings is 1. The van der Waals surface area contributed by atoms with E-state index < -0.39 is 0 Å². The summed E-state index contributed by atoms with van der Waals surface area (Å²) in [6, 6.07) is 10.8. The number of nitrogens with zero attached hydrogens (tertiary/aromatic N) is 2. The fourth-order valence-corrected chi connectivity index (χ4v) is 2.60. The van der Waals surface area contributed by atoms with Gasteiger partial charge in [0.1, 0.15) is 17.2 Å². The minimum Gasteiger partial charge on any atom is -0.493 e. The monoisotopic (exact) mass is 299 g/mol. The summed E-state index contributed by atoms with van der Waals surface area (Å²) in [4.78, 5) is 4.65. The van der Waals surface area contributed by atoms with E-state index in [1.54, 1.807) is 10.5 Å². The zero-order chi connectivity index (χ0) is 15.5. The topological polar surface area (TPSA) is 52.5 Å². The highest BCUT2D eigenvalue weighted by atomic mass is 19.1. The molecule has 0 fully saturated rings. The van der Waals surface area contributed by atoms with Gasteiger partial charge >= 0.3 is 0 Å². The fraction of sp³-hybridized carbons (Fsp3) is 0.235. The second-order valence-electron chi connectivity index (χ2n) is 4.95. The maximum Gasteiger partial charge on any atom is 0.139 e. The van der Waals surface area contributed by atoms with Crippen molar-refractivity contribution in [1.29, 1.82) is 0 Å². The molecule has 0 saturated carbocycles. The van der Waals surface area contributed by atoms with E-state index in [9.17, 15) is 4.39 Å². The summed E-state index contributed by atoms with van der Waals surface area (Å²) in [6.45, 7) is 2.98. The Bertz CT molecular complexity index is 798. The second kappa shape index (κ2) is 6.15. The van der Waals surface area contributed by atoms with Gasteiger partial charge in [0.15, 0.2) is 0 Å². The minimum atomic E-state index is -0.298. The predicted molar refractivity (Wildman–Crippen MR) is 84.5 cm³/mol. The molecule has 0 aliphatic carbocycles. The van der Waals surface area contributed by atoms with Gasteiger partial charge in [-0.05, 0) is 37.7 Å². The van der Waals surface area contributed by atoms with Crippen molar-refractivity contribution >= 4 is 5.65 Å². The number of rotatable bonds is 5. The molecule has 1 aromatic carbocycles. The van der Waals surface area contributed by atoms with Crippen molar-refractivity contribution < 1.29 is 9.13 Å². The molecule has 0 bridgehead atoms. The van der Waals surface area contributed by atoms with Gasteiger partial charge in [-0.15, -0.1) is 0 Å². The molecule has 4 nitrogen and oxygen atoms in total. The molecule has 0 aliphatic heterocycles. The first-order valence-corrected chi connectivity index (χ1v) is 7.33. The van der Waals surface area contributed by atoms with E-state index in [4.69, 9.17) is 10.5 Å². The molecule has 2 heterocycles. The number of benzene rings is 1. The van der Waals surface area contributed by atoms with Gasteiger partial charge in [-0.3, -0.25) is 0 Å². The molecular formula is C17H18FN3O. The Hall–Kier alpha value is -2.40. The first-order valence-electron chi connectivity index (χ1n) is 7.33. The maximum atomic E-state index is 13.6. The molecule has 22 heavy (non-hydrogen) atoms. The molecular weight excluding hydrogens is 281 g/mol. The molecule has 3 aromatic rings. The van der Waals surface area contributed by atoms with E-state index in [0.717, 1.165) is 22.7 Å². The lowest BCUT2D eigenvalue weighted by Gasteiger charge is -2.10. The zero-order valence-corrected chi connectivity index (χ0v) is 12.4. The van der Waals surface area contributed by atoms with Crippen LogP contribution in [0.5, 0.6) is 5.75 Å². The highest BCUT2D eigenvalue weighted by Gasteiger charge is 2.17. The first kappa shape index (κ1) is 14.5. The number of hydrogen-bond donors (Lipinski definition) is 1. The lowest BCUT2D eigenvalue weighted by atomic mass is 10.1. The average Bonchev–Trinajstić information content (AvgIpc) is 2.87. The third-order valence-corrected chi connectivity index (χ3v) is 3.50. The Morgan fingerprint density at radius 2 is 2.05 bits per heavy atom. The highest BCUT2D eigenvalue weighted by Crippen LogP contribution is 2.32. The molecule has 0 radical (unpaired) electrons. The normalized spacial score (nSPS) is 11.0. The first-order chi connectivity index (χ1) is 10.7. The summed E-state index contributed by atoms with van der Waals surface area (Å²) in [7, 11) is 0. The van der Waals surface area contributed by atoms with E-state index in [0.29, 0.717) is 25.2 Å². The van der Waals surface area contributed by atoms with Crippen LogP contribution in [-0.2, 0) is 6.42 Å². The van der Waals surface area contributed by atoms with Crippen LogP contribution in [0.2, 0.25) is 0 Å². The standard InChI is InChI=1S/C17H18FN3O/c1-2-22-15-6-4-3-5-13(15)17-14(9-10-19)21-11-12(18)7-8-16(21)20-17/h3-8,11H,2,9-10,19H2,1H3. The minimum absolute atomic E-state index is 0.298. The number of hydrogen-bond acceptors (Lipinski definition) is 3. The number of para-hydroxylation sites is 1. The van der Waals surface area contributed by atoms with Crippen molar-refractivity contribution in [2.75, 3.05) is 13.2 Å². The molecule has 0 saturated heterocycles. The van der Waals surface area contributed by atoms with Crippen molar-refractivity contribution in [3.05, 3.63) is 54.1 Å². The second-order valence-corrected chi connectivity index (χ2v) is 4.95. The summed E-state index contributed by atoms with van der Waals surface area (Å²) < 4.78 is 21.0. The van der Waals surface area contributed by atoms with Gasteiger partial charge in [0.2, 0.25) is 0 Å². The van der Waals surface area contributed by atoms with Crippen LogP contribution in [0.4, 0.5) is 4.39 Å². The van der Waals surface area contributed by atoms with Crippen molar-refractivity contribution in [2.45, 2.75) is 13.3 Å². The van der Waals surface area contributed by atoms with Gasteiger partial charge in [0, 0.05) is 18.2 Å². The molecule has 0 unspecified atom stereocenters. The molecule has 5 heteroatoms. The van der Waals surface area contributed by atoms with Gasteiger partial charge in [-0.1, -0.05) is 12.1 Å². The smallest absolute Gasteiger partial charge is 0.139 e. The maximum absolute atomic E-state index is 13.6. The fourth-order valence-electron chi connectivity index (χ4n) is 2.60. The molecule has 3 rings (SSSR count). The van der Waals surface area contributed by atoms with Crippen molar-refractivity contribution in [2.24, 2.45) is 5.73 Å². The number of pyridine rings is 1. The van der Waals surface area contributed by atoms with Crippen LogP contribution in [0.25, 0.3) is 16.9 Å². The van der Waals surface area contributed by atoms with Crippen LogP contribution in [-0.4, -0.2) is 22.5 Å². The van der Waals surface area contributed by atoms with E-state index >= 15 is 0 Å². The number of aromatic nitrogens is 2. The Labute approximate surface area is 128 Å². The zero-order valence-electron chi connectivity index (χ0n) is 12.4. The predicted octanol–water partition coefficient (Wildman–Crippen LogP) is 3.04. The summed E-state index contributed by atoms with van der Waals surface area (Å²) in [5.74, 6) is 0.472. The third-order valence-electron chi connectivity index (χ3n) is 3.50. The van der Waals surface area contributed by atoms with Gasteiger partial charge < -0.3 is 14.9 Å². The third kappa shape index (κ3) is 2.55. The Morgan fingerprint density at radius 3 is 2.82 bits per heavy atom. The highest BCUT2D eigenvalue weighted by molar-refractivity contribution is 5.72. The summed E-state index contributed by atoms with van der Waals surface area (Å²) in [5.41, 5.74) is 9.01. The van der Waals surface area contributed by atoms with Crippen LogP contribution >= 0.6 is 0 Å². The van der Waals surface area contributed by atoms with Crippen LogP contribution < -0.4 is 10.5 Å². The molecule has 114 valence electrons. The van der Waals surface area contributed by atoms with Gasteiger partial charge in [0.25, 0.3) is 0 Å². The SMILES string of the molecule is CCOc1ccccc1-c1nc2ccc(F)cn2c1CCN. The van der Waals surface area contributed by atoms with Crippen LogP contribution in [0.1, 0.15) is 12.6 Å². The van der Waals surface area contributed by atoms with E-state index in [1.807, 2.05) is 31.2 Å². The number of fused-ring (bicyclic) bond motifs is 1. The lowest BCUT2D eigenvalue weighted by molar-refractivity contribution is 0.341. The molecule has 2 aromatic heterocycles. The summed E-state index contributed by atoms with van der Waals surface area (Å²) in [5, 5.41) is 0. The summed E-state index contributed by atoms with van der Waals surface area (Å²) >= 11 is 0. The van der Waals surface area contributed by atoms with Gasteiger partial charge in [-0.2, -0.15) is 0 Å². The number of nitrogens with two attached hydrogens (primary N) is 1. The van der Waals surface area contributed by atoms with Gasteiger partial charge in [0.05, 0.1) is 18.0 Å². The summed E-state index contributed by atoms with van der Waals surface area (Å²) in [6.07, 6.45) is 2.06. The average molecular weight is 299 g/mol. The van der Waals surface area contributed by atoms with Crippen molar-refractivity contribution in [3.8, 4) is 17.0 Å². The number of ether oxygens (including phenoxy) is 1. The Morgan fingerprint density at radius 1 is 1.23 bits per heavy atom. The lowest BCUT2D eigenvalue weighted by Crippen LogP contribution is -2.06. The molecule has 0 spiro atoms. The molecule has 0 aliphatic rings. The molecule has 0 atom stereocenters. The van der Waals surface area contributed by atoms with Gasteiger partial charge in [-0.25, -0.2) is 9.37 Å². The van der Waals surface area contributed by atoms with Crippen molar-refractivity contribution in [1.82, 2.24) is 9.38 Å². The Kier molecular flexibility index (Phi) is 4.06. The Balaban J connectivity index is 2.24. The van der Waals surface area contributed by atoms with E-state index in [1.165, 1.54) is 12.3 Å². The van der Waals surface area contributed by atoms with E-state index in [2.05, 4.69) is 4.98 Å². The molecule has 2 N–H and O–H groups in total. The van der Waals surface area contributed by atoms with E-state index in [-0.39, 0.29) is 5.82 Å².